The summed E-state index contributed by atoms with van der Waals surface area (Å²) < 4.78 is 7.83. The number of hydrogen-bond donors (Lipinski definition) is 0. The summed E-state index contributed by atoms with van der Waals surface area (Å²) in [5, 5.41) is 4.07. The van der Waals surface area contributed by atoms with E-state index in [4.69, 9.17) is 4.52 Å². The number of aryl methyl sites for hydroxylation is 1. The summed E-state index contributed by atoms with van der Waals surface area (Å²) in [7, 11) is 3.17. The second kappa shape index (κ2) is 6.11. The van der Waals surface area contributed by atoms with Crippen LogP contribution in [0.25, 0.3) is 0 Å². The molecule has 23 heavy (non-hydrogen) atoms. The second-order valence-electron chi connectivity index (χ2n) is 5.90. The molecular formula is C15H21N5O3. The maximum absolute atomic E-state index is 12.0. The van der Waals surface area contributed by atoms with Gasteiger partial charge in [0.05, 0.1) is 6.04 Å². The van der Waals surface area contributed by atoms with Crippen molar-refractivity contribution in [2.24, 2.45) is 14.1 Å². The monoisotopic (exact) mass is 319 g/mol. The van der Waals surface area contributed by atoms with Crippen LogP contribution in [0.1, 0.15) is 43.2 Å². The number of nitrogens with zero attached hydrogens (tertiary/aromatic N) is 5. The normalized spacial score (nSPS) is 18.7. The molecule has 0 aliphatic carbocycles. The van der Waals surface area contributed by atoms with E-state index in [2.05, 4.69) is 15.0 Å². The predicted octanol–water partition coefficient (Wildman–Crippen LogP) is 0.367. The van der Waals surface area contributed by atoms with E-state index < -0.39 is 0 Å². The zero-order chi connectivity index (χ0) is 16.6. The first-order valence-corrected chi connectivity index (χ1v) is 7.83. The molecule has 0 aromatic carbocycles. The van der Waals surface area contributed by atoms with Crippen LogP contribution in [0.2, 0.25) is 0 Å². The lowest BCUT2D eigenvalue weighted by molar-refractivity contribution is 0.227. The second-order valence-corrected chi connectivity index (χ2v) is 5.90. The molecule has 1 aliphatic rings. The lowest BCUT2D eigenvalue weighted by atomic mass is 10.2. The van der Waals surface area contributed by atoms with E-state index >= 15 is 0 Å². The summed E-state index contributed by atoms with van der Waals surface area (Å²) in [5.74, 6) is 1.32. The lowest BCUT2D eigenvalue weighted by Crippen LogP contribution is -2.39. The van der Waals surface area contributed by atoms with Crippen LogP contribution in [0.5, 0.6) is 0 Å². The van der Waals surface area contributed by atoms with Crippen LogP contribution in [0.3, 0.4) is 0 Å². The van der Waals surface area contributed by atoms with Gasteiger partial charge < -0.3 is 4.52 Å². The summed E-state index contributed by atoms with van der Waals surface area (Å²) in [4.78, 5) is 30.5. The minimum absolute atomic E-state index is 0.0678. The summed E-state index contributed by atoms with van der Waals surface area (Å²) in [6.45, 7) is 3.37. The molecule has 0 amide bonds. The first-order chi connectivity index (χ1) is 11.0. The van der Waals surface area contributed by atoms with Gasteiger partial charge in [-0.3, -0.25) is 18.8 Å². The Balaban J connectivity index is 1.87. The molecule has 1 fully saturated rings. The molecular weight excluding hydrogens is 298 g/mol. The third-order valence-corrected chi connectivity index (χ3v) is 4.44. The fourth-order valence-electron chi connectivity index (χ4n) is 2.99. The third-order valence-electron chi connectivity index (χ3n) is 4.44. The van der Waals surface area contributed by atoms with Gasteiger partial charge in [0.1, 0.15) is 0 Å². The molecule has 0 N–H and O–H groups in total. The number of hydrogen-bond acceptors (Lipinski definition) is 6. The minimum atomic E-state index is -0.309. The van der Waals surface area contributed by atoms with Gasteiger partial charge in [0, 0.05) is 38.8 Å². The van der Waals surface area contributed by atoms with Gasteiger partial charge >= 0.3 is 5.69 Å². The van der Waals surface area contributed by atoms with Crippen LogP contribution in [0.4, 0.5) is 0 Å². The third kappa shape index (κ3) is 2.86. The van der Waals surface area contributed by atoms with Gasteiger partial charge in [-0.15, -0.1) is 0 Å². The highest BCUT2D eigenvalue weighted by Crippen LogP contribution is 2.31. The molecule has 1 saturated heterocycles. The quantitative estimate of drug-likeness (QED) is 0.809. The maximum Gasteiger partial charge on any atom is 0.330 e. The summed E-state index contributed by atoms with van der Waals surface area (Å²) in [6.07, 6.45) is 2.68. The molecule has 8 heteroatoms. The van der Waals surface area contributed by atoms with Crippen molar-refractivity contribution >= 4 is 0 Å². The SMILES string of the molecule is CCc1nc(C2CCCN2Cc2cc(=O)n(C)c(=O)n2C)no1. The Morgan fingerprint density at radius 1 is 1.30 bits per heavy atom. The maximum atomic E-state index is 12.0. The van der Waals surface area contributed by atoms with E-state index in [9.17, 15) is 9.59 Å². The Morgan fingerprint density at radius 2 is 2.09 bits per heavy atom. The van der Waals surface area contributed by atoms with Crippen molar-refractivity contribution in [1.82, 2.24) is 24.2 Å². The molecule has 2 aromatic heterocycles. The summed E-state index contributed by atoms with van der Waals surface area (Å²) in [6, 6.07) is 1.59. The summed E-state index contributed by atoms with van der Waals surface area (Å²) in [5.41, 5.74) is 0.104. The largest absolute Gasteiger partial charge is 0.339 e. The van der Waals surface area contributed by atoms with E-state index in [0.29, 0.717) is 30.4 Å². The van der Waals surface area contributed by atoms with Gasteiger partial charge in [0.15, 0.2) is 5.82 Å². The van der Waals surface area contributed by atoms with Gasteiger partial charge in [-0.2, -0.15) is 4.98 Å². The fourth-order valence-corrected chi connectivity index (χ4v) is 2.99. The van der Waals surface area contributed by atoms with Crippen LogP contribution in [0, 0.1) is 0 Å². The molecule has 3 heterocycles. The Bertz CT molecular complexity index is 819. The number of aromatic nitrogens is 4. The predicted molar refractivity (Wildman–Crippen MR) is 83.0 cm³/mol. The van der Waals surface area contributed by atoms with Crippen molar-refractivity contribution in [2.45, 2.75) is 38.8 Å². The van der Waals surface area contributed by atoms with Crippen molar-refractivity contribution in [3.63, 3.8) is 0 Å². The van der Waals surface area contributed by atoms with Crippen molar-refractivity contribution in [3.05, 3.63) is 44.3 Å². The zero-order valence-electron chi connectivity index (χ0n) is 13.7. The standard InChI is InChI=1S/C15H21N5O3/c1-4-12-16-14(17-23-12)11-6-5-7-20(11)9-10-8-13(21)19(3)15(22)18(10)2/h8,11H,4-7,9H2,1-3H3. The first kappa shape index (κ1) is 15.7. The molecule has 1 unspecified atom stereocenters. The number of likely N-dealkylation sites (tertiary alicyclic amines) is 1. The minimum Gasteiger partial charge on any atom is -0.339 e. The van der Waals surface area contributed by atoms with E-state index in [-0.39, 0.29) is 17.3 Å². The highest BCUT2D eigenvalue weighted by atomic mass is 16.5. The smallest absolute Gasteiger partial charge is 0.330 e. The molecule has 0 bridgehead atoms. The van der Waals surface area contributed by atoms with Crippen molar-refractivity contribution < 1.29 is 4.52 Å². The van der Waals surface area contributed by atoms with Gasteiger partial charge in [-0.05, 0) is 19.4 Å². The average molecular weight is 319 g/mol. The highest BCUT2D eigenvalue weighted by Gasteiger charge is 2.30. The topological polar surface area (TPSA) is 86.2 Å². The molecule has 2 aromatic rings. The van der Waals surface area contributed by atoms with Crippen molar-refractivity contribution in [1.29, 1.82) is 0 Å². The Morgan fingerprint density at radius 3 is 2.78 bits per heavy atom. The molecule has 8 nitrogen and oxygen atoms in total. The summed E-state index contributed by atoms with van der Waals surface area (Å²) >= 11 is 0. The molecule has 0 saturated carbocycles. The van der Waals surface area contributed by atoms with E-state index in [0.717, 1.165) is 24.0 Å². The van der Waals surface area contributed by atoms with Gasteiger partial charge in [-0.1, -0.05) is 12.1 Å². The first-order valence-electron chi connectivity index (χ1n) is 7.83. The van der Waals surface area contributed by atoms with E-state index in [1.165, 1.54) is 17.7 Å². The van der Waals surface area contributed by atoms with Crippen LogP contribution in [0.15, 0.2) is 20.2 Å². The van der Waals surface area contributed by atoms with Crippen LogP contribution < -0.4 is 11.2 Å². The molecule has 124 valence electrons. The van der Waals surface area contributed by atoms with E-state index in [1.54, 1.807) is 7.05 Å². The van der Waals surface area contributed by atoms with Crippen LogP contribution in [-0.4, -0.2) is 30.7 Å². The Kier molecular flexibility index (Phi) is 4.16. The van der Waals surface area contributed by atoms with Crippen molar-refractivity contribution in [3.8, 4) is 0 Å². The molecule has 1 atom stereocenters. The Labute approximate surface area is 133 Å². The highest BCUT2D eigenvalue weighted by molar-refractivity contribution is 5.05. The lowest BCUT2D eigenvalue weighted by Gasteiger charge is -2.22. The van der Waals surface area contributed by atoms with Gasteiger partial charge in [0.25, 0.3) is 5.56 Å². The molecule has 1 aliphatic heterocycles. The molecule has 0 spiro atoms. The molecule has 0 radical (unpaired) electrons. The fraction of sp³-hybridized carbons (Fsp3) is 0.600. The van der Waals surface area contributed by atoms with Gasteiger partial charge in [-0.25, -0.2) is 4.79 Å². The van der Waals surface area contributed by atoms with Gasteiger partial charge in [0.2, 0.25) is 5.89 Å². The molecule has 3 rings (SSSR count). The van der Waals surface area contributed by atoms with E-state index in [1.807, 2.05) is 6.92 Å². The van der Waals surface area contributed by atoms with Crippen molar-refractivity contribution in [2.75, 3.05) is 6.54 Å². The number of rotatable bonds is 4. The Hall–Kier alpha value is -2.22. The zero-order valence-corrected chi connectivity index (χ0v) is 13.7. The van der Waals surface area contributed by atoms with Crippen LogP contribution in [-0.2, 0) is 27.1 Å². The average Bonchev–Trinajstić information content (AvgIpc) is 3.18. The van der Waals surface area contributed by atoms with Crippen LogP contribution >= 0.6 is 0 Å².